The molecule has 3 aromatic rings. The second-order valence-electron chi connectivity index (χ2n) is 7.09. The van der Waals surface area contributed by atoms with E-state index >= 15 is 0 Å². The van der Waals surface area contributed by atoms with Crippen molar-refractivity contribution in [1.82, 2.24) is 5.01 Å². The Hall–Kier alpha value is -3.05. The van der Waals surface area contributed by atoms with Gasteiger partial charge in [0.05, 0.1) is 18.9 Å². The van der Waals surface area contributed by atoms with E-state index in [1.54, 1.807) is 19.2 Å². The van der Waals surface area contributed by atoms with E-state index in [4.69, 9.17) is 26.2 Å². The summed E-state index contributed by atoms with van der Waals surface area (Å²) >= 11 is 6.26. The van der Waals surface area contributed by atoms with Gasteiger partial charge in [0.2, 0.25) is 6.23 Å². The fourth-order valence-corrected chi connectivity index (χ4v) is 4.10. The Balaban J connectivity index is 1.60. The molecule has 146 valence electrons. The third-order valence-electron chi connectivity index (χ3n) is 5.29. The smallest absolute Gasteiger partial charge is 0.213 e. The quantitative estimate of drug-likeness (QED) is 0.555. The van der Waals surface area contributed by atoms with Gasteiger partial charge in [0.15, 0.2) is 0 Å². The van der Waals surface area contributed by atoms with Crippen LogP contribution in [0.4, 0.5) is 4.39 Å². The Kier molecular flexibility index (Phi) is 4.40. The standard InChI is InChI=1S/C23H18ClFN2O2/c1-28-18-7-3-4-14(11-18)20-13-21-19-12-16(24)8-9-22(19)29-23(27(21)26-20)15-5-2-6-17(25)10-15/h2-12,21,23H,13H2,1H3. The van der Waals surface area contributed by atoms with E-state index in [0.29, 0.717) is 17.0 Å². The maximum absolute atomic E-state index is 13.9. The molecule has 2 aliphatic rings. The Morgan fingerprint density at radius 3 is 2.79 bits per heavy atom. The van der Waals surface area contributed by atoms with Gasteiger partial charge >= 0.3 is 0 Å². The van der Waals surface area contributed by atoms with Crippen LogP contribution < -0.4 is 9.47 Å². The summed E-state index contributed by atoms with van der Waals surface area (Å²) in [5.41, 5.74) is 3.60. The highest BCUT2D eigenvalue weighted by Gasteiger charge is 2.41. The van der Waals surface area contributed by atoms with Crippen LogP contribution in [0.5, 0.6) is 11.5 Å². The normalized spacial score (nSPS) is 19.8. The van der Waals surface area contributed by atoms with Crippen LogP contribution in [0.2, 0.25) is 5.02 Å². The summed E-state index contributed by atoms with van der Waals surface area (Å²) in [6, 6.07) is 19.8. The summed E-state index contributed by atoms with van der Waals surface area (Å²) < 4.78 is 25.5. The maximum Gasteiger partial charge on any atom is 0.213 e. The zero-order chi connectivity index (χ0) is 20.0. The molecule has 4 nitrogen and oxygen atoms in total. The number of ether oxygens (including phenoxy) is 2. The highest BCUT2D eigenvalue weighted by Crippen LogP contribution is 2.48. The van der Waals surface area contributed by atoms with Gasteiger partial charge in [-0.3, -0.25) is 0 Å². The van der Waals surface area contributed by atoms with Crippen molar-refractivity contribution in [3.63, 3.8) is 0 Å². The minimum absolute atomic E-state index is 0.0491. The lowest BCUT2D eigenvalue weighted by Crippen LogP contribution is -2.33. The highest BCUT2D eigenvalue weighted by atomic mass is 35.5. The van der Waals surface area contributed by atoms with Crippen LogP contribution in [0.3, 0.4) is 0 Å². The lowest BCUT2D eigenvalue weighted by molar-refractivity contribution is -0.0192. The second-order valence-corrected chi connectivity index (χ2v) is 7.52. The number of halogens is 2. The fourth-order valence-electron chi connectivity index (χ4n) is 3.92. The predicted molar refractivity (Wildman–Crippen MR) is 110 cm³/mol. The molecule has 3 aromatic carbocycles. The summed E-state index contributed by atoms with van der Waals surface area (Å²) in [5, 5.41) is 7.43. The van der Waals surface area contributed by atoms with Gasteiger partial charge < -0.3 is 9.47 Å². The van der Waals surface area contributed by atoms with Crippen LogP contribution >= 0.6 is 11.6 Å². The van der Waals surface area contributed by atoms with Crippen molar-refractivity contribution >= 4 is 17.3 Å². The first kappa shape index (κ1) is 18.0. The Morgan fingerprint density at radius 1 is 1.10 bits per heavy atom. The summed E-state index contributed by atoms with van der Waals surface area (Å²) in [6.07, 6.45) is 0.169. The van der Waals surface area contributed by atoms with Gasteiger partial charge in [-0.25, -0.2) is 9.40 Å². The number of hydrogen-bond acceptors (Lipinski definition) is 4. The lowest BCUT2D eigenvalue weighted by atomic mass is 9.96. The van der Waals surface area contributed by atoms with Crippen molar-refractivity contribution in [2.45, 2.75) is 18.7 Å². The number of fused-ring (bicyclic) bond motifs is 3. The average molecular weight is 409 g/mol. The molecule has 0 N–H and O–H groups in total. The number of benzene rings is 3. The van der Waals surface area contributed by atoms with Crippen LogP contribution in [-0.2, 0) is 0 Å². The van der Waals surface area contributed by atoms with Crippen molar-refractivity contribution in [2.24, 2.45) is 5.10 Å². The van der Waals surface area contributed by atoms with Gasteiger partial charge in [-0.1, -0.05) is 35.9 Å². The summed E-state index contributed by atoms with van der Waals surface area (Å²) in [5.74, 6) is 1.21. The molecule has 0 fully saturated rings. The maximum atomic E-state index is 13.9. The average Bonchev–Trinajstić information content (AvgIpc) is 3.19. The zero-order valence-corrected chi connectivity index (χ0v) is 16.4. The number of nitrogens with zero attached hydrogens (tertiary/aromatic N) is 2. The van der Waals surface area contributed by atoms with E-state index in [-0.39, 0.29) is 11.9 Å². The molecule has 0 amide bonds. The summed E-state index contributed by atoms with van der Waals surface area (Å²) in [4.78, 5) is 0. The van der Waals surface area contributed by atoms with Crippen LogP contribution in [0.25, 0.3) is 0 Å². The molecule has 0 aliphatic carbocycles. The topological polar surface area (TPSA) is 34.1 Å². The molecule has 5 rings (SSSR count). The third-order valence-corrected chi connectivity index (χ3v) is 5.52. The van der Waals surface area contributed by atoms with Gasteiger partial charge in [-0.15, -0.1) is 0 Å². The van der Waals surface area contributed by atoms with Crippen molar-refractivity contribution in [3.8, 4) is 11.5 Å². The monoisotopic (exact) mass is 408 g/mol. The Labute approximate surface area is 173 Å². The highest BCUT2D eigenvalue weighted by molar-refractivity contribution is 6.30. The first-order valence-electron chi connectivity index (χ1n) is 9.34. The van der Waals surface area contributed by atoms with E-state index in [2.05, 4.69) is 0 Å². The van der Waals surface area contributed by atoms with E-state index in [9.17, 15) is 4.39 Å². The minimum Gasteiger partial charge on any atom is -0.497 e. The molecule has 0 saturated heterocycles. The summed E-state index contributed by atoms with van der Waals surface area (Å²) in [6.45, 7) is 0. The van der Waals surface area contributed by atoms with Crippen LogP contribution in [0.15, 0.2) is 71.8 Å². The van der Waals surface area contributed by atoms with Crippen molar-refractivity contribution in [2.75, 3.05) is 7.11 Å². The number of rotatable bonds is 3. The summed E-state index contributed by atoms with van der Waals surface area (Å²) in [7, 11) is 1.64. The number of hydrazone groups is 1. The molecular formula is C23H18ClFN2O2. The molecule has 0 aromatic heterocycles. The molecule has 29 heavy (non-hydrogen) atoms. The van der Waals surface area contributed by atoms with Gasteiger partial charge in [0, 0.05) is 28.1 Å². The van der Waals surface area contributed by atoms with E-state index in [0.717, 1.165) is 28.3 Å². The molecular weight excluding hydrogens is 391 g/mol. The SMILES string of the molecule is COc1cccc(C2=NN3C(C2)c2cc(Cl)ccc2OC3c2cccc(F)c2)c1. The van der Waals surface area contributed by atoms with E-state index in [1.807, 2.05) is 47.5 Å². The Morgan fingerprint density at radius 2 is 1.97 bits per heavy atom. The molecule has 0 saturated carbocycles. The van der Waals surface area contributed by atoms with Crippen molar-refractivity contribution in [3.05, 3.63) is 94.3 Å². The predicted octanol–water partition coefficient (Wildman–Crippen LogP) is 5.73. The fraction of sp³-hybridized carbons (Fsp3) is 0.174. The number of hydrogen-bond donors (Lipinski definition) is 0. The largest absolute Gasteiger partial charge is 0.497 e. The van der Waals surface area contributed by atoms with Gasteiger partial charge in [-0.2, -0.15) is 5.10 Å². The molecule has 2 unspecified atom stereocenters. The first-order valence-corrected chi connectivity index (χ1v) is 9.72. The molecule has 2 aliphatic heterocycles. The van der Waals surface area contributed by atoms with Crippen LogP contribution in [-0.4, -0.2) is 17.8 Å². The number of methoxy groups -OCH3 is 1. The molecule has 2 atom stereocenters. The molecule has 2 heterocycles. The molecule has 0 bridgehead atoms. The lowest BCUT2D eigenvalue weighted by Gasteiger charge is -2.38. The molecule has 0 radical (unpaired) electrons. The first-order chi connectivity index (χ1) is 14.1. The van der Waals surface area contributed by atoms with Crippen LogP contribution in [0, 0.1) is 5.82 Å². The van der Waals surface area contributed by atoms with Crippen molar-refractivity contribution in [1.29, 1.82) is 0 Å². The van der Waals surface area contributed by atoms with Gasteiger partial charge in [-0.05, 0) is 42.5 Å². The molecule has 6 heteroatoms. The molecule has 0 spiro atoms. The van der Waals surface area contributed by atoms with Crippen molar-refractivity contribution < 1.29 is 13.9 Å². The van der Waals surface area contributed by atoms with E-state index in [1.165, 1.54) is 12.1 Å². The second kappa shape index (κ2) is 7.08. The minimum atomic E-state index is -0.521. The van der Waals surface area contributed by atoms with Gasteiger partial charge in [0.1, 0.15) is 17.3 Å². The van der Waals surface area contributed by atoms with Crippen LogP contribution in [0.1, 0.15) is 35.4 Å². The zero-order valence-electron chi connectivity index (χ0n) is 15.7. The van der Waals surface area contributed by atoms with Gasteiger partial charge in [0.25, 0.3) is 0 Å². The van der Waals surface area contributed by atoms with E-state index < -0.39 is 6.23 Å². The Bertz CT molecular complexity index is 1120. The third kappa shape index (κ3) is 3.21.